The molecule has 0 N–H and O–H groups in total. The minimum atomic E-state index is -0.192. The highest BCUT2D eigenvalue weighted by atomic mass is 32.2. The third kappa shape index (κ3) is 3.37. The molecule has 1 saturated carbocycles. The molecule has 144 valence electrons. The lowest BCUT2D eigenvalue weighted by atomic mass is 10.2. The summed E-state index contributed by atoms with van der Waals surface area (Å²) in [5, 5.41) is 11.7. The van der Waals surface area contributed by atoms with Crippen LogP contribution < -0.4 is 4.90 Å². The Bertz CT molecular complexity index is 994. The molecule has 1 atom stereocenters. The Kier molecular flexibility index (Phi) is 4.72. The van der Waals surface area contributed by atoms with Gasteiger partial charge in [0, 0.05) is 29.6 Å². The zero-order valence-electron chi connectivity index (χ0n) is 15.7. The molecule has 2 aromatic heterocycles. The van der Waals surface area contributed by atoms with Gasteiger partial charge in [-0.05, 0) is 49.3 Å². The van der Waals surface area contributed by atoms with Crippen LogP contribution in [0.25, 0.3) is 0 Å². The Morgan fingerprint density at radius 2 is 2.11 bits per heavy atom. The van der Waals surface area contributed by atoms with Gasteiger partial charge in [0.1, 0.15) is 5.82 Å². The lowest BCUT2D eigenvalue weighted by molar-refractivity contribution is -0.117. The fourth-order valence-electron chi connectivity index (χ4n) is 3.77. The summed E-state index contributed by atoms with van der Waals surface area (Å²) in [6.45, 7) is 2.75. The van der Waals surface area contributed by atoms with E-state index in [0.717, 1.165) is 36.1 Å². The second kappa shape index (κ2) is 7.37. The number of hydrogen-bond donors (Lipinski definition) is 0. The van der Waals surface area contributed by atoms with E-state index < -0.39 is 0 Å². The molecule has 0 unspecified atom stereocenters. The summed E-state index contributed by atoms with van der Waals surface area (Å²) in [6.07, 6.45) is 4.09. The average molecular weight is 411 g/mol. The van der Waals surface area contributed by atoms with Crippen LogP contribution in [0, 0.1) is 0 Å². The van der Waals surface area contributed by atoms with Gasteiger partial charge in [0.05, 0.1) is 5.25 Å². The van der Waals surface area contributed by atoms with Gasteiger partial charge >= 0.3 is 0 Å². The van der Waals surface area contributed by atoms with Crippen molar-refractivity contribution >= 4 is 34.7 Å². The third-order valence-electron chi connectivity index (χ3n) is 5.34. The van der Waals surface area contributed by atoms with Crippen LogP contribution in [0.2, 0.25) is 0 Å². The van der Waals surface area contributed by atoms with Gasteiger partial charge in [-0.1, -0.05) is 36.0 Å². The molecular formula is C21H22N4OS2. The number of amides is 1. The van der Waals surface area contributed by atoms with Gasteiger partial charge in [0.25, 0.3) is 0 Å². The van der Waals surface area contributed by atoms with Crippen molar-refractivity contribution in [2.75, 3.05) is 11.4 Å². The Morgan fingerprint density at radius 3 is 2.89 bits per heavy atom. The van der Waals surface area contributed by atoms with Gasteiger partial charge in [-0.25, -0.2) is 0 Å². The van der Waals surface area contributed by atoms with Crippen molar-refractivity contribution < 1.29 is 4.79 Å². The summed E-state index contributed by atoms with van der Waals surface area (Å²) >= 11 is 3.29. The SMILES string of the molecule is C[C@H](Sc1nnc(Cc2cccs2)n1C1CC1)C(=O)N1CCc2ccccc21. The van der Waals surface area contributed by atoms with Gasteiger partial charge in [-0.2, -0.15) is 0 Å². The maximum atomic E-state index is 13.1. The van der Waals surface area contributed by atoms with Crippen LogP contribution in [0.4, 0.5) is 5.69 Å². The van der Waals surface area contributed by atoms with E-state index in [9.17, 15) is 4.79 Å². The molecule has 1 amide bonds. The van der Waals surface area contributed by atoms with Crippen molar-refractivity contribution in [1.82, 2.24) is 14.8 Å². The molecule has 3 heterocycles. The molecule has 2 aliphatic rings. The number of carbonyl (C=O) groups excluding carboxylic acids is 1. The van der Waals surface area contributed by atoms with Crippen LogP contribution in [0.1, 0.15) is 42.1 Å². The number of carbonyl (C=O) groups is 1. The van der Waals surface area contributed by atoms with Gasteiger partial charge < -0.3 is 9.47 Å². The lowest BCUT2D eigenvalue weighted by Gasteiger charge is -2.21. The number of hydrogen-bond acceptors (Lipinski definition) is 5. The van der Waals surface area contributed by atoms with Crippen LogP contribution in [-0.2, 0) is 17.6 Å². The van der Waals surface area contributed by atoms with Crippen molar-refractivity contribution in [1.29, 1.82) is 0 Å². The lowest BCUT2D eigenvalue weighted by Crippen LogP contribution is -2.35. The minimum absolute atomic E-state index is 0.153. The Morgan fingerprint density at radius 1 is 1.25 bits per heavy atom. The maximum absolute atomic E-state index is 13.1. The van der Waals surface area contributed by atoms with Gasteiger partial charge in [-0.3, -0.25) is 4.79 Å². The van der Waals surface area contributed by atoms with Crippen molar-refractivity contribution in [3.63, 3.8) is 0 Å². The summed E-state index contributed by atoms with van der Waals surface area (Å²) in [5.74, 6) is 1.17. The highest BCUT2D eigenvalue weighted by molar-refractivity contribution is 8.00. The molecule has 3 aromatic rings. The maximum Gasteiger partial charge on any atom is 0.240 e. The van der Waals surface area contributed by atoms with Gasteiger partial charge in [0.15, 0.2) is 5.16 Å². The molecule has 0 saturated heterocycles. The Labute approximate surface area is 172 Å². The normalized spacial score (nSPS) is 17.0. The Balaban J connectivity index is 1.34. The number of nitrogens with zero attached hydrogens (tertiary/aromatic N) is 4. The molecule has 1 aliphatic carbocycles. The highest BCUT2D eigenvalue weighted by Crippen LogP contribution is 2.40. The highest BCUT2D eigenvalue weighted by Gasteiger charge is 2.33. The average Bonchev–Trinajstić information content (AvgIpc) is 3.09. The summed E-state index contributed by atoms with van der Waals surface area (Å²) in [5.41, 5.74) is 2.31. The smallest absolute Gasteiger partial charge is 0.240 e. The number of thioether (sulfide) groups is 1. The van der Waals surface area contributed by atoms with E-state index in [2.05, 4.69) is 38.3 Å². The Hall–Kier alpha value is -2.12. The number of thiophene rings is 1. The minimum Gasteiger partial charge on any atom is -0.311 e. The molecular weight excluding hydrogens is 388 g/mol. The number of anilines is 1. The van der Waals surface area contributed by atoms with Gasteiger partial charge in [0.2, 0.25) is 5.91 Å². The first-order chi connectivity index (χ1) is 13.7. The molecule has 5 rings (SSSR count). The van der Waals surface area contributed by atoms with Crippen molar-refractivity contribution in [3.05, 3.63) is 58.0 Å². The zero-order chi connectivity index (χ0) is 19.1. The van der Waals surface area contributed by atoms with E-state index in [-0.39, 0.29) is 11.2 Å². The number of para-hydroxylation sites is 1. The first-order valence-electron chi connectivity index (χ1n) is 9.73. The summed E-state index contributed by atoms with van der Waals surface area (Å²) < 4.78 is 2.27. The molecule has 0 spiro atoms. The first-order valence-corrected chi connectivity index (χ1v) is 11.5. The van der Waals surface area contributed by atoms with Crippen molar-refractivity contribution in [2.24, 2.45) is 0 Å². The predicted molar refractivity (Wildman–Crippen MR) is 113 cm³/mol. The summed E-state index contributed by atoms with van der Waals surface area (Å²) in [6, 6.07) is 12.9. The fraction of sp³-hybridized carbons (Fsp3) is 0.381. The standard InChI is InChI=1S/C21H22N4OS2/c1-14(20(26)24-11-10-15-5-2-3-7-18(15)24)28-21-23-22-19(25(21)16-8-9-16)13-17-6-4-12-27-17/h2-7,12,14,16H,8-11,13H2,1H3/t14-/m0/s1. The first kappa shape index (κ1) is 17.9. The van der Waals surface area contributed by atoms with E-state index in [1.165, 1.54) is 23.3 Å². The zero-order valence-corrected chi connectivity index (χ0v) is 17.4. The second-order valence-corrected chi connectivity index (χ2v) is 9.72. The number of rotatable bonds is 6. The van der Waals surface area contributed by atoms with Crippen LogP contribution in [0.15, 0.2) is 46.9 Å². The molecule has 7 heteroatoms. The number of benzene rings is 1. The van der Waals surface area contributed by atoms with Crippen LogP contribution in [0.5, 0.6) is 0 Å². The monoisotopic (exact) mass is 410 g/mol. The van der Waals surface area contributed by atoms with E-state index in [1.807, 2.05) is 30.0 Å². The molecule has 5 nitrogen and oxygen atoms in total. The molecule has 28 heavy (non-hydrogen) atoms. The van der Waals surface area contributed by atoms with E-state index in [0.29, 0.717) is 6.04 Å². The molecule has 1 fully saturated rings. The molecule has 1 aliphatic heterocycles. The van der Waals surface area contributed by atoms with Crippen LogP contribution >= 0.6 is 23.1 Å². The van der Waals surface area contributed by atoms with Crippen molar-refractivity contribution in [3.8, 4) is 0 Å². The molecule has 0 bridgehead atoms. The third-order valence-corrected chi connectivity index (χ3v) is 7.26. The molecule has 1 aromatic carbocycles. The van der Waals surface area contributed by atoms with E-state index in [4.69, 9.17) is 0 Å². The van der Waals surface area contributed by atoms with E-state index in [1.54, 1.807) is 23.1 Å². The van der Waals surface area contributed by atoms with Crippen molar-refractivity contribution in [2.45, 2.75) is 49.1 Å². The van der Waals surface area contributed by atoms with E-state index >= 15 is 0 Å². The fourth-order valence-corrected chi connectivity index (χ4v) is 5.47. The number of aromatic nitrogens is 3. The molecule has 0 radical (unpaired) electrons. The summed E-state index contributed by atoms with van der Waals surface area (Å²) in [4.78, 5) is 16.3. The summed E-state index contributed by atoms with van der Waals surface area (Å²) in [7, 11) is 0. The van der Waals surface area contributed by atoms with Crippen LogP contribution in [0.3, 0.4) is 0 Å². The largest absolute Gasteiger partial charge is 0.311 e. The number of fused-ring (bicyclic) bond motifs is 1. The predicted octanol–water partition coefficient (Wildman–Crippen LogP) is 4.34. The quantitative estimate of drug-likeness (QED) is 0.568. The topological polar surface area (TPSA) is 51.0 Å². The van der Waals surface area contributed by atoms with Crippen LogP contribution in [-0.4, -0.2) is 32.5 Å². The second-order valence-electron chi connectivity index (χ2n) is 7.38. The van der Waals surface area contributed by atoms with Gasteiger partial charge in [-0.15, -0.1) is 21.5 Å².